The van der Waals surface area contributed by atoms with Crippen molar-refractivity contribution in [3.8, 4) is 0 Å². The predicted molar refractivity (Wildman–Crippen MR) is 82.2 cm³/mol. The number of carbonyl (C=O) groups excluding carboxylic acids is 1. The lowest BCUT2D eigenvalue weighted by atomic mass is 10.2. The van der Waals surface area contributed by atoms with E-state index in [0.29, 0.717) is 5.56 Å². The van der Waals surface area contributed by atoms with Crippen molar-refractivity contribution in [3.05, 3.63) is 72.3 Å². The number of benzene rings is 2. The van der Waals surface area contributed by atoms with E-state index >= 15 is 0 Å². The Morgan fingerprint density at radius 1 is 1.25 bits per heavy atom. The summed E-state index contributed by atoms with van der Waals surface area (Å²) in [7, 11) is 0. The number of carbonyl (C=O) groups is 1. The minimum absolute atomic E-state index is 0.224. The topological polar surface area (TPSA) is 26.3 Å². The Morgan fingerprint density at radius 2 is 2.05 bits per heavy atom. The molecule has 0 aliphatic heterocycles. The van der Waals surface area contributed by atoms with Crippen LogP contribution in [0.2, 0.25) is 0 Å². The van der Waals surface area contributed by atoms with Crippen molar-refractivity contribution in [2.24, 2.45) is 0 Å². The molecule has 0 amide bonds. The minimum Gasteiger partial charge on any atom is -0.458 e. The maximum absolute atomic E-state index is 12.0. The molecule has 0 saturated heterocycles. The maximum atomic E-state index is 12.0. The van der Waals surface area contributed by atoms with Crippen LogP contribution >= 0.6 is 11.8 Å². The monoisotopic (exact) mass is 284 g/mol. The molecule has 0 saturated carbocycles. The second-order valence-corrected chi connectivity index (χ2v) is 5.42. The van der Waals surface area contributed by atoms with E-state index in [9.17, 15) is 4.79 Å². The van der Waals surface area contributed by atoms with Crippen LogP contribution in [-0.2, 0) is 4.74 Å². The van der Waals surface area contributed by atoms with Crippen LogP contribution < -0.4 is 0 Å². The molecule has 0 aromatic heterocycles. The largest absolute Gasteiger partial charge is 0.458 e. The second-order valence-electron chi connectivity index (χ2n) is 4.30. The van der Waals surface area contributed by atoms with Crippen molar-refractivity contribution in [2.75, 3.05) is 6.61 Å². The molecule has 102 valence electrons. The highest BCUT2D eigenvalue weighted by Gasteiger charge is 2.12. The van der Waals surface area contributed by atoms with Gasteiger partial charge >= 0.3 is 5.97 Å². The van der Waals surface area contributed by atoms with Gasteiger partial charge in [-0.1, -0.05) is 54.2 Å². The smallest absolute Gasteiger partial charge is 0.339 e. The normalized spacial score (nSPS) is 10.1. The molecular weight excluding hydrogens is 268 g/mol. The van der Waals surface area contributed by atoms with Crippen molar-refractivity contribution in [1.82, 2.24) is 0 Å². The van der Waals surface area contributed by atoms with Crippen LogP contribution in [0, 0.1) is 6.92 Å². The molecule has 3 heteroatoms. The van der Waals surface area contributed by atoms with Gasteiger partial charge in [-0.05, 0) is 31.2 Å². The molecule has 0 aliphatic carbocycles. The molecule has 20 heavy (non-hydrogen) atoms. The molecule has 0 unspecified atom stereocenters. The molecule has 0 aliphatic rings. The first-order valence-electron chi connectivity index (χ1n) is 6.32. The van der Waals surface area contributed by atoms with Gasteiger partial charge in [0.1, 0.15) is 6.61 Å². The highest BCUT2D eigenvalue weighted by molar-refractivity contribution is 7.99. The standard InChI is InChI=1S/C17H16O2S/c1-3-11-19-17(18)15-9-4-5-10-16(15)20-14-8-6-7-13(2)12-14/h3-10,12H,1,11H2,2H3. The van der Waals surface area contributed by atoms with Crippen LogP contribution in [0.4, 0.5) is 0 Å². The lowest BCUT2D eigenvalue weighted by molar-refractivity contribution is 0.0545. The molecule has 0 spiro atoms. The van der Waals surface area contributed by atoms with Gasteiger partial charge in [-0.2, -0.15) is 0 Å². The number of hydrogen-bond acceptors (Lipinski definition) is 3. The lowest BCUT2D eigenvalue weighted by Crippen LogP contribution is -2.06. The summed E-state index contributed by atoms with van der Waals surface area (Å²) in [5.41, 5.74) is 1.78. The van der Waals surface area contributed by atoms with Gasteiger partial charge in [0.2, 0.25) is 0 Å². The van der Waals surface area contributed by atoms with Crippen molar-refractivity contribution in [3.63, 3.8) is 0 Å². The number of aryl methyl sites for hydroxylation is 1. The van der Waals surface area contributed by atoms with Crippen molar-refractivity contribution in [2.45, 2.75) is 16.7 Å². The Balaban J connectivity index is 2.23. The van der Waals surface area contributed by atoms with Crippen LogP contribution in [0.15, 0.2) is 71.0 Å². The maximum Gasteiger partial charge on any atom is 0.339 e. The van der Waals surface area contributed by atoms with E-state index in [1.807, 2.05) is 43.3 Å². The first-order chi connectivity index (χ1) is 9.70. The summed E-state index contributed by atoms with van der Waals surface area (Å²) in [6.07, 6.45) is 1.56. The summed E-state index contributed by atoms with van der Waals surface area (Å²) in [4.78, 5) is 14.0. The molecule has 2 rings (SSSR count). The minimum atomic E-state index is -0.319. The Labute approximate surface area is 123 Å². The summed E-state index contributed by atoms with van der Waals surface area (Å²) in [5.74, 6) is -0.319. The quantitative estimate of drug-likeness (QED) is 0.598. The van der Waals surface area contributed by atoms with E-state index in [0.717, 1.165) is 9.79 Å². The summed E-state index contributed by atoms with van der Waals surface area (Å²) in [5, 5.41) is 0. The molecule has 2 aromatic carbocycles. The molecule has 2 nitrogen and oxygen atoms in total. The zero-order chi connectivity index (χ0) is 14.4. The van der Waals surface area contributed by atoms with E-state index < -0.39 is 0 Å². The van der Waals surface area contributed by atoms with Crippen LogP contribution in [0.5, 0.6) is 0 Å². The van der Waals surface area contributed by atoms with E-state index in [1.54, 1.807) is 23.9 Å². The molecule has 2 aromatic rings. The number of hydrogen-bond donors (Lipinski definition) is 0. The van der Waals surface area contributed by atoms with Gasteiger partial charge in [0.15, 0.2) is 0 Å². The fraction of sp³-hybridized carbons (Fsp3) is 0.118. The lowest BCUT2D eigenvalue weighted by Gasteiger charge is -2.08. The van der Waals surface area contributed by atoms with Crippen LogP contribution in [-0.4, -0.2) is 12.6 Å². The second kappa shape index (κ2) is 6.96. The third kappa shape index (κ3) is 3.75. The van der Waals surface area contributed by atoms with Crippen molar-refractivity contribution in [1.29, 1.82) is 0 Å². The third-order valence-corrected chi connectivity index (χ3v) is 3.72. The van der Waals surface area contributed by atoms with E-state index in [4.69, 9.17) is 4.74 Å². The van der Waals surface area contributed by atoms with E-state index in [1.165, 1.54) is 5.56 Å². The first-order valence-corrected chi connectivity index (χ1v) is 7.14. The molecule has 0 bridgehead atoms. The van der Waals surface area contributed by atoms with Crippen LogP contribution in [0.3, 0.4) is 0 Å². The molecule has 0 fully saturated rings. The van der Waals surface area contributed by atoms with Gasteiger partial charge in [0, 0.05) is 9.79 Å². The fourth-order valence-corrected chi connectivity index (χ4v) is 2.80. The summed E-state index contributed by atoms with van der Waals surface area (Å²) >= 11 is 1.56. The Bertz CT molecular complexity index is 620. The number of esters is 1. The first kappa shape index (κ1) is 14.4. The van der Waals surface area contributed by atoms with Gasteiger partial charge < -0.3 is 4.74 Å². The van der Waals surface area contributed by atoms with Gasteiger partial charge in [-0.3, -0.25) is 0 Å². The Hall–Kier alpha value is -2.00. The predicted octanol–water partition coefficient (Wildman–Crippen LogP) is 4.49. The number of ether oxygens (including phenoxy) is 1. The molecule has 0 N–H and O–H groups in total. The zero-order valence-corrected chi connectivity index (χ0v) is 12.2. The van der Waals surface area contributed by atoms with Crippen molar-refractivity contribution >= 4 is 17.7 Å². The zero-order valence-electron chi connectivity index (χ0n) is 11.3. The molecule has 0 atom stereocenters. The highest BCUT2D eigenvalue weighted by Crippen LogP contribution is 2.31. The Morgan fingerprint density at radius 3 is 2.80 bits per heavy atom. The van der Waals surface area contributed by atoms with Gasteiger partial charge in [-0.15, -0.1) is 0 Å². The van der Waals surface area contributed by atoms with Crippen LogP contribution in [0.1, 0.15) is 15.9 Å². The third-order valence-electron chi connectivity index (χ3n) is 2.66. The average Bonchev–Trinajstić information content (AvgIpc) is 2.45. The Kier molecular flexibility index (Phi) is 5.02. The molecule has 0 radical (unpaired) electrons. The summed E-state index contributed by atoms with van der Waals surface area (Å²) in [6, 6.07) is 15.7. The van der Waals surface area contributed by atoms with Gasteiger partial charge in [-0.25, -0.2) is 4.79 Å². The van der Waals surface area contributed by atoms with Gasteiger partial charge in [0.25, 0.3) is 0 Å². The molecular formula is C17H16O2S. The number of rotatable bonds is 5. The summed E-state index contributed by atoms with van der Waals surface area (Å²) in [6.45, 7) is 5.82. The summed E-state index contributed by atoms with van der Waals surface area (Å²) < 4.78 is 5.11. The highest BCUT2D eigenvalue weighted by atomic mass is 32.2. The SMILES string of the molecule is C=CCOC(=O)c1ccccc1Sc1cccc(C)c1. The van der Waals surface area contributed by atoms with E-state index in [2.05, 4.69) is 12.6 Å². The van der Waals surface area contributed by atoms with Gasteiger partial charge in [0.05, 0.1) is 5.56 Å². The van der Waals surface area contributed by atoms with E-state index in [-0.39, 0.29) is 12.6 Å². The average molecular weight is 284 g/mol. The fourth-order valence-electron chi connectivity index (χ4n) is 1.74. The van der Waals surface area contributed by atoms with Crippen LogP contribution in [0.25, 0.3) is 0 Å². The molecule has 0 heterocycles. The van der Waals surface area contributed by atoms with Crippen molar-refractivity contribution < 1.29 is 9.53 Å².